The summed E-state index contributed by atoms with van der Waals surface area (Å²) in [5, 5.41) is 11.2. The molecule has 2 heterocycles. The van der Waals surface area contributed by atoms with E-state index in [1.807, 2.05) is 72.8 Å². The minimum Gasteiger partial charge on any atom is -0.508 e. The van der Waals surface area contributed by atoms with Crippen LogP contribution in [0.5, 0.6) is 34.5 Å². The number of ether oxygens (including phenoxy) is 3. The Morgan fingerprint density at radius 2 is 0.918 bits per heavy atom. The van der Waals surface area contributed by atoms with Crippen molar-refractivity contribution in [2.24, 2.45) is 0 Å². The lowest BCUT2D eigenvalue weighted by molar-refractivity contribution is 0.222. The summed E-state index contributed by atoms with van der Waals surface area (Å²) in [4.78, 5) is 33.3. The fourth-order valence-electron chi connectivity index (χ4n) is 8.24. The lowest BCUT2D eigenvalue weighted by atomic mass is 10.1. The highest BCUT2D eigenvalue weighted by Gasteiger charge is 2.41. The van der Waals surface area contributed by atoms with Gasteiger partial charge in [0.15, 0.2) is 0 Å². The molecule has 0 aliphatic carbocycles. The predicted octanol–water partition coefficient (Wildman–Crippen LogP) is 11.6. The van der Waals surface area contributed by atoms with Crippen LogP contribution in [0.2, 0.25) is 10.0 Å². The minimum atomic E-state index is -3.24. The van der Waals surface area contributed by atoms with Gasteiger partial charge in [0.05, 0.1) is 23.6 Å². The summed E-state index contributed by atoms with van der Waals surface area (Å²) in [5.41, 5.74) is 4.02. The van der Waals surface area contributed by atoms with Gasteiger partial charge < -0.3 is 29.1 Å². The molecule has 378 valence electrons. The largest absolute Gasteiger partial charge is 0.508 e. The van der Waals surface area contributed by atoms with Crippen LogP contribution in [0.4, 0.5) is 21.0 Å². The molecule has 14 nitrogen and oxygen atoms in total. The fourth-order valence-corrected chi connectivity index (χ4v) is 9.59. The summed E-state index contributed by atoms with van der Waals surface area (Å²) in [7, 11) is -6.46. The van der Waals surface area contributed by atoms with E-state index < -0.39 is 19.7 Å². The van der Waals surface area contributed by atoms with E-state index in [0.717, 1.165) is 22.9 Å². The molecule has 1 N–H and O–H groups in total. The van der Waals surface area contributed by atoms with Crippen molar-refractivity contribution in [3.8, 4) is 34.5 Å². The normalized spacial score (nSPS) is 15.8. The first-order valence-electron chi connectivity index (χ1n) is 23.1. The molecule has 73 heavy (non-hydrogen) atoms. The van der Waals surface area contributed by atoms with E-state index in [-0.39, 0.29) is 54.5 Å². The maximum absolute atomic E-state index is 13.6. The molecular weight excluding hydrogens is 1010 g/mol. The first-order valence-corrected chi connectivity index (χ1v) is 28.0. The van der Waals surface area contributed by atoms with Gasteiger partial charge in [-0.2, -0.15) is 0 Å². The fraction of sp³-hybridized carbons (Fsp3) is 0.200. The van der Waals surface area contributed by atoms with E-state index in [4.69, 9.17) is 37.4 Å². The molecule has 7 aromatic rings. The monoisotopic (exact) mass is 1060 g/mol. The van der Waals surface area contributed by atoms with Crippen molar-refractivity contribution in [1.29, 1.82) is 0 Å². The number of benzene rings is 7. The second-order valence-electron chi connectivity index (χ2n) is 17.5. The number of urea groups is 2. The number of anilines is 2. The van der Waals surface area contributed by atoms with Crippen LogP contribution in [-0.2, 0) is 26.3 Å². The number of amides is 4. The number of nitrogens with zero attached hydrogens (tertiary/aromatic N) is 4. The number of carbonyl (C=O) groups is 2. The summed E-state index contributed by atoms with van der Waals surface area (Å²) in [6.45, 7) is 1.29. The molecule has 7 aromatic carbocycles. The van der Waals surface area contributed by atoms with Crippen molar-refractivity contribution >= 4 is 66.3 Å². The van der Waals surface area contributed by atoms with Crippen LogP contribution in [0.1, 0.15) is 28.8 Å². The van der Waals surface area contributed by atoms with Gasteiger partial charge in [-0.1, -0.05) is 77.8 Å². The van der Waals surface area contributed by atoms with Gasteiger partial charge in [0, 0.05) is 60.1 Å². The molecule has 2 aliphatic heterocycles. The van der Waals surface area contributed by atoms with Gasteiger partial charge in [-0.25, -0.2) is 26.4 Å². The molecule has 18 heteroatoms. The number of carbonyl (C=O) groups excluding carboxylic acids is 2. The number of hydrogen-bond donors (Lipinski definition) is 1. The maximum atomic E-state index is 13.6. The number of phenolic OH excluding ortho intramolecular Hbond substituents is 1. The molecule has 0 saturated carbocycles. The maximum Gasteiger partial charge on any atom is 0.325 e. The van der Waals surface area contributed by atoms with Crippen molar-refractivity contribution in [2.45, 2.75) is 18.7 Å². The number of aromatic hydroxyl groups is 1. The molecular formula is C55H52Cl2N4O10S2. The van der Waals surface area contributed by atoms with Gasteiger partial charge in [-0.3, -0.25) is 9.80 Å². The standard InChI is InChI=1S/C31H29ClN2O5S.C24H23ClN2O5S/c1-40(36,37)19-18-33-21-30(24-8-5-9-29(20-24)38-22-23-6-3-2-4-7-23)34(31(33)35)26-12-16-28(17-13-26)39-27-14-10-25(32)11-15-27;1-33(30,31)14-13-26-16-23(17-3-2-4-20(28)15-17)27(24(26)29)19-7-11-22(12-8-19)32-21-9-5-18(25)6-10-21/h2-17,20,30H,18-19,21-22H2,1H3;2-12,15,23,28H,13-14,16H2,1H3. The smallest absolute Gasteiger partial charge is 0.325 e. The zero-order valence-electron chi connectivity index (χ0n) is 39.8. The molecule has 4 amide bonds. The van der Waals surface area contributed by atoms with Crippen LogP contribution in [0.15, 0.2) is 176 Å². The third kappa shape index (κ3) is 14.3. The van der Waals surface area contributed by atoms with E-state index in [1.54, 1.807) is 118 Å². The van der Waals surface area contributed by atoms with Gasteiger partial charge in [0.25, 0.3) is 0 Å². The van der Waals surface area contributed by atoms with Gasteiger partial charge in [-0.05, 0) is 138 Å². The highest BCUT2D eigenvalue weighted by molar-refractivity contribution is 7.90. The van der Waals surface area contributed by atoms with E-state index in [2.05, 4.69) is 0 Å². The predicted molar refractivity (Wildman–Crippen MR) is 285 cm³/mol. The molecule has 2 fully saturated rings. The molecule has 0 radical (unpaired) electrons. The van der Waals surface area contributed by atoms with E-state index in [1.165, 1.54) is 11.2 Å². The summed E-state index contributed by atoms with van der Waals surface area (Å²) in [5.74, 6) is 3.05. The zero-order chi connectivity index (χ0) is 51.7. The average molecular weight is 1060 g/mol. The average Bonchev–Trinajstić information content (AvgIpc) is 3.89. The number of rotatable bonds is 17. The highest BCUT2D eigenvalue weighted by atomic mass is 35.5. The molecule has 2 atom stereocenters. The third-order valence-corrected chi connectivity index (χ3v) is 14.3. The topological polar surface area (TPSA) is 163 Å². The minimum absolute atomic E-state index is 0.0983. The van der Waals surface area contributed by atoms with Crippen molar-refractivity contribution in [2.75, 3.05) is 60.0 Å². The SMILES string of the molecule is CS(=O)(=O)CCN1CC(c2cccc(O)c2)N(c2ccc(Oc3ccc(Cl)cc3)cc2)C1=O.CS(=O)(=O)CCN1CC(c2cccc(OCc3ccccc3)c2)N(c2ccc(Oc3ccc(Cl)cc3)cc2)C1=O. The second kappa shape index (κ2) is 23.1. The summed E-state index contributed by atoms with van der Waals surface area (Å²) < 4.78 is 64.8. The summed E-state index contributed by atoms with van der Waals surface area (Å²) >= 11 is 11.9. The molecule has 2 unspecified atom stereocenters. The van der Waals surface area contributed by atoms with E-state index in [0.29, 0.717) is 69.9 Å². The number of phenols is 1. The molecule has 2 aliphatic rings. The summed E-state index contributed by atoms with van der Waals surface area (Å²) in [6, 6.07) is 51.4. The second-order valence-corrected chi connectivity index (χ2v) is 22.9. The Kier molecular flexibility index (Phi) is 16.5. The van der Waals surface area contributed by atoms with Crippen molar-refractivity contribution < 1.29 is 45.7 Å². The van der Waals surface area contributed by atoms with E-state index >= 15 is 0 Å². The Balaban J connectivity index is 0.000000199. The molecule has 0 spiro atoms. The first kappa shape index (κ1) is 52.1. The third-order valence-electron chi connectivity index (χ3n) is 11.9. The molecule has 9 rings (SSSR count). The molecule has 0 aromatic heterocycles. The van der Waals surface area contributed by atoms with Crippen molar-refractivity contribution in [1.82, 2.24) is 9.80 Å². The highest BCUT2D eigenvalue weighted by Crippen LogP contribution is 2.39. The van der Waals surface area contributed by atoms with Crippen LogP contribution in [0.3, 0.4) is 0 Å². The van der Waals surface area contributed by atoms with Gasteiger partial charge >= 0.3 is 12.1 Å². The molecule has 0 bridgehead atoms. The van der Waals surface area contributed by atoms with Gasteiger partial charge in [0.1, 0.15) is 60.8 Å². The van der Waals surface area contributed by atoms with Crippen molar-refractivity contribution in [3.63, 3.8) is 0 Å². The summed E-state index contributed by atoms with van der Waals surface area (Å²) in [6.07, 6.45) is 2.33. The Bertz CT molecular complexity index is 3240. The van der Waals surface area contributed by atoms with Crippen LogP contribution in [0.25, 0.3) is 0 Å². The number of sulfone groups is 2. The number of halogens is 2. The van der Waals surface area contributed by atoms with Crippen LogP contribution in [-0.4, -0.2) is 94.0 Å². The molecule has 2 saturated heterocycles. The van der Waals surface area contributed by atoms with Gasteiger partial charge in [-0.15, -0.1) is 0 Å². The lowest BCUT2D eigenvalue weighted by Gasteiger charge is -2.24. The van der Waals surface area contributed by atoms with Crippen LogP contribution < -0.4 is 24.0 Å². The number of hydrogen-bond acceptors (Lipinski definition) is 10. The first-order chi connectivity index (χ1) is 34.9. The Labute approximate surface area is 435 Å². The lowest BCUT2D eigenvalue weighted by Crippen LogP contribution is -2.35. The van der Waals surface area contributed by atoms with Gasteiger partial charge in [0.2, 0.25) is 0 Å². The van der Waals surface area contributed by atoms with Crippen LogP contribution in [0, 0.1) is 0 Å². The Morgan fingerprint density at radius 3 is 1.34 bits per heavy atom. The Morgan fingerprint density at radius 1 is 0.507 bits per heavy atom. The van der Waals surface area contributed by atoms with Crippen molar-refractivity contribution in [3.05, 3.63) is 203 Å². The van der Waals surface area contributed by atoms with E-state index in [9.17, 15) is 31.5 Å². The Hall–Kier alpha value is -7.24. The van der Waals surface area contributed by atoms with Crippen LogP contribution >= 0.6 is 23.2 Å². The quantitative estimate of drug-likeness (QED) is 0.0928. The zero-order valence-corrected chi connectivity index (χ0v) is 43.0.